The highest BCUT2D eigenvalue weighted by Gasteiger charge is 2.19. The van der Waals surface area contributed by atoms with Crippen molar-refractivity contribution in [1.29, 1.82) is 0 Å². The Morgan fingerprint density at radius 1 is 1.73 bits per heavy atom. The number of nitrogens with zero attached hydrogens (tertiary/aromatic N) is 2. The van der Waals surface area contributed by atoms with Crippen LogP contribution in [-0.4, -0.2) is 41.3 Å². The highest BCUT2D eigenvalue weighted by Crippen LogP contribution is 2.29. The van der Waals surface area contributed by atoms with Crippen LogP contribution in [0.15, 0.2) is 12.4 Å². The zero-order valence-corrected chi connectivity index (χ0v) is 9.80. The van der Waals surface area contributed by atoms with Gasteiger partial charge in [-0.25, -0.2) is 4.98 Å². The molecule has 1 atom stereocenters. The summed E-state index contributed by atoms with van der Waals surface area (Å²) in [4.78, 5) is 4.32. The van der Waals surface area contributed by atoms with Crippen LogP contribution in [-0.2, 0) is 4.74 Å². The number of methoxy groups -OCH3 is 1. The molecule has 2 heterocycles. The normalized spacial score (nSPS) is 20.7. The zero-order valence-electron chi connectivity index (χ0n) is 8.98. The van der Waals surface area contributed by atoms with Crippen molar-refractivity contribution < 1.29 is 4.74 Å². The minimum Gasteiger partial charge on any atom is -0.383 e. The molecule has 84 valence electrons. The van der Waals surface area contributed by atoms with Crippen LogP contribution in [0.1, 0.15) is 12.5 Å². The summed E-state index contributed by atoms with van der Waals surface area (Å²) >= 11 is 2.02. The van der Waals surface area contributed by atoms with Gasteiger partial charge >= 0.3 is 0 Å². The van der Waals surface area contributed by atoms with Crippen molar-refractivity contribution in [2.24, 2.45) is 0 Å². The molecule has 1 saturated heterocycles. The maximum absolute atomic E-state index is 5.00. The Labute approximate surface area is 94.4 Å². The van der Waals surface area contributed by atoms with Crippen LogP contribution in [0, 0.1) is 0 Å². The molecule has 2 rings (SSSR count). The maximum Gasteiger partial charge on any atom is 0.203 e. The Kier molecular flexibility index (Phi) is 3.91. The first-order chi connectivity index (χ1) is 7.42. The third-order valence-electron chi connectivity index (χ3n) is 2.56. The molecule has 0 aromatic carbocycles. The second kappa shape index (κ2) is 5.42. The van der Waals surface area contributed by atoms with E-state index in [9.17, 15) is 0 Å². The average Bonchev–Trinajstić information content (AvgIpc) is 2.87. The summed E-state index contributed by atoms with van der Waals surface area (Å²) in [6, 6.07) is 0.613. The molecule has 5 heteroatoms. The number of rotatable bonds is 5. The van der Waals surface area contributed by atoms with Crippen LogP contribution in [0.2, 0.25) is 0 Å². The molecule has 0 spiro atoms. The quantitative estimate of drug-likeness (QED) is 0.776. The summed E-state index contributed by atoms with van der Waals surface area (Å²) < 4.78 is 7.25. The molecule has 4 nitrogen and oxygen atoms in total. The van der Waals surface area contributed by atoms with Crippen molar-refractivity contribution in [2.45, 2.75) is 12.5 Å². The van der Waals surface area contributed by atoms with Crippen LogP contribution in [0.5, 0.6) is 0 Å². The SMILES string of the molecule is COCCNc1nccn1C1CCSC1. The lowest BCUT2D eigenvalue weighted by Crippen LogP contribution is -2.15. The van der Waals surface area contributed by atoms with Crippen LogP contribution in [0.4, 0.5) is 5.95 Å². The largest absolute Gasteiger partial charge is 0.383 e. The predicted octanol–water partition coefficient (Wildman–Crippen LogP) is 1.62. The van der Waals surface area contributed by atoms with Crippen molar-refractivity contribution in [3.8, 4) is 0 Å². The lowest BCUT2D eigenvalue weighted by molar-refractivity contribution is 0.210. The molecule has 1 aromatic rings. The highest BCUT2D eigenvalue weighted by atomic mass is 32.2. The number of imidazole rings is 1. The summed E-state index contributed by atoms with van der Waals surface area (Å²) in [6.45, 7) is 1.53. The van der Waals surface area contributed by atoms with Gasteiger partial charge in [-0.05, 0) is 12.2 Å². The second-order valence-corrected chi connectivity index (χ2v) is 4.74. The number of ether oxygens (including phenoxy) is 1. The molecule has 0 amide bonds. The number of anilines is 1. The minimum absolute atomic E-state index is 0.613. The Morgan fingerprint density at radius 3 is 3.40 bits per heavy atom. The van der Waals surface area contributed by atoms with Gasteiger partial charge in [0.25, 0.3) is 0 Å². The molecule has 0 saturated carbocycles. The molecule has 1 aliphatic heterocycles. The maximum atomic E-state index is 5.00. The third-order valence-corrected chi connectivity index (χ3v) is 3.70. The van der Waals surface area contributed by atoms with Crippen LogP contribution in [0.3, 0.4) is 0 Å². The van der Waals surface area contributed by atoms with Crippen molar-refractivity contribution in [3.05, 3.63) is 12.4 Å². The first-order valence-corrected chi connectivity index (χ1v) is 6.40. The van der Waals surface area contributed by atoms with Crippen LogP contribution >= 0.6 is 11.8 Å². The molecule has 1 N–H and O–H groups in total. The number of hydrogen-bond acceptors (Lipinski definition) is 4. The second-order valence-electron chi connectivity index (χ2n) is 3.60. The molecule has 15 heavy (non-hydrogen) atoms. The summed E-state index contributed by atoms with van der Waals surface area (Å²) in [5, 5.41) is 3.29. The van der Waals surface area contributed by atoms with Crippen molar-refractivity contribution in [1.82, 2.24) is 9.55 Å². The minimum atomic E-state index is 0.613. The lowest BCUT2D eigenvalue weighted by Gasteiger charge is -2.14. The van der Waals surface area contributed by atoms with E-state index >= 15 is 0 Å². The fourth-order valence-corrected chi connectivity index (χ4v) is 2.96. The van der Waals surface area contributed by atoms with E-state index in [0.717, 1.165) is 12.5 Å². The Hall–Kier alpha value is -0.680. The zero-order chi connectivity index (χ0) is 10.5. The van der Waals surface area contributed by atoms with E-state index in [4.69, 9.17) is 4.74 Å². The molecule has 1 fully saturated rings. The monoisotopic (exact) mass is 227 g/mol. The smallest absolute Gasteiger partial charge is 0.203 e. The molecule has 0 radical (unpaired) electrons. The standard InChI is InChI=1S/C10H17N3OS/c1-14-6-4-12-10-11-3-5-13(10)9-2-7-15-8-9/h3,5,9H,2,4,6-8H2,1H3,(H,11,12). The van der Waals surface area contributed by atoms with Gasteiger partial charge in [-0.15, -0.1) is 0 Å². The summed E-state index contributed by atoms with van der Waals surface area (Å²) in [6.07, 6.45) is 5.17. The van der Waals surface area contributed by atoms with E-state index in [1.165, 1.54) is 17.9 Å². The van der Waals surface area contributed by atoms with Gasteiger partial charge in [-0.1, -0.05) is 0 Å². The molecule has 0 bridgehead atoms. The fourth-order valence-electron chi connectivity index (χ4n) is 1.75. The average molecular weight is 227 g/mol. The van der Waals surface area contributed by atoms with Gasteiger partial charge in [0.15, 0.2) is 0 Å². The molecule has 1 aliphatic rings. The van der Waals surface area contributed by atoms with Gasteiger partial charge in [0.1, 0.15) is 0 Å². The third kappa shape index (κ3) is 2.66. The van der Waals surface area contributed by atoms with E-state index in [0.29, 0.717) is 12.6 Å². The molecular formula is C10H17N3OS. The molecular weight excluding hydrogens is 210 g/mol. The summed E-state index contributed by atoms with van der Waals surface area (Å²) in [7, 11) is 1.71. The van der Waals surface area contributed by atoms with E-state index < -0.39 is 0 Å². The Bertz CT molecular complexity index is 297. The first kappa shape index (κ1) is 10.8. The van der Waals surface area contributed by atoms with Gasteiger partial charge < -0.3 is 14.6 Å². The topological polar surface area (TPSA) is 39.1 Å². The Balaban J connectivity index is 1.95. The molecule has 0 aliphatic carbocycles. The van der Waals surface area contributed by atoms with Crippen LogP contribution in [0.25, 0.3) is 0 Å². The van der Waals surface area contributed by atoms with Gasteiger partial charge in [0.2, 0.25) is 5.95 Å². The van der Waals surface area contributed by atoms with E-state index in [1.54, 1.807) is 7.11 Å². The first-order valence-electron chi connectivity index (χ1n) is 5.25. The number of nitrogens with one attached hydrogen (secondary N) is 1. The molecule has 1 aromatic heterocycles. The molecule has 1 unspecified atom stereocenters. The number of hydrogen-bond donors (Lipinski definition) is 1. The van der Waals surface area contributed by atoms with E-state index in [-0.39, 0.29) is 0 Å². The highest BCUT2D eigenvalue weighted by molar-refractivity contribution is 7.99. The Morgan fingerprint density at radius 2 is 2.67 bits per heavy atom. The number of thioether (sulfide) groups is 1. The van der Waals surface area contributed by atoms with E-state index in [2.05, 4.69) is 21.1 Å². The van der Waals surface area contributed by atoms with Gasteiger partial charge in [-0.2, -0.15) is 11.8 Å². The number of aromatic nitrogens is 2. The van der Waals surface area contributed by atoms with Crippen LogP contribution < -0.4 is 5.32 Å². The van der Waals surface area contributed by atoms with Crippen molar-refractivity contribution >= 4 is 17.7 Å². The summed E-state index contributed by atoms with van der Waals surface area (Å²) in [5.41, 5.74) is 0. The van der Waals surface area contributed by atoms with Gasteiger partial charge in [-0.3, -0.25) is 0 Å². The van der Waals surface area contributed by atoms with Crippen molar-refractivity contribution in [2.75, 3.05) is 37.1 Å². The fraction of sp³-hybridized carbons (Fsp3) is 0.700. The van der Waals surface area contributed by atoms with E-state index in [1.807, 2.05) is 18.0 Å². The summed E-state index contributed by atoms with van der Waals surface area (Å²) in [5.74, 6) is 3.44. The predicted molar refractivity (Wildman–Crippen MR) is 63.6 cm³/mol. The lowest BCUT2D eigenvalue weighted by atomic mass is 10.2. The van der Waals surface area contributed by atoms with Gasteiger partial charge in [0.05, 0.1) is 6.61 Å². The van der Waals surface area contributed by atoms with Crippen molar-refractivity contribution in [3.63, 3.8) is 0 Å². The van der Waals surface area contributed by atoms with Gasteiger partial charge in [0, 0.05) is 37.8 Å².